The van der Waals surface area contributed by atoms with E-state index in [9.17, 15) is 9.59 Å². The maximum Gasteiger partial charge on any atom is 0.323 e. The molecule has 0 aromatic rings. The van der Waals surface area contributed by atoms with Crippen LogP contribution in [0, 0.1) is 11.3 Å². The average molecular weight is 215 g/mol. The van der Waals surface area contributed by atoms with Crippen LogP contribution in [0.15, 0.2) is 0 Å². The topological polar surface area (TPSA) is 64.6 Å². The van der Waals surface area contributed by atoms with Crippen LogP contribution < -0.4 is 5.32 Å². The van der Waals surface area contributed by atoms with Crippen LogP contribution in [-0.4, -0.2) is 39.2 Å². The summed E-state index contributed by atoms with van der Waals surface area (Å²) >= 11 is 0. The summed E-state index contributed by atoms with van der Waals surface area (Å²) in [7, 11) is 2.59. The first-order valence-corrected chi connectivity index (χ1v) is 4.97. The fraction of sp³-hybridized carbons (Fsp3) is 0.800. The maximum atomic E-state index is 11.7. The van der Waals surface area contributed by atoms with Crippen LogP contribution in [0.3, 0.4) is 0 Å². The molecule has 1 fully saturated rings. The van der Waals surface area contributed by atoms with Gasteiger partial charge < -0.3 is 14.8 Å². The Morgan fingerprint density at radius 3 is 2.20 bits per heavy atom. The van der Waals surface area contributed by atoms with Crippen LogP contribution in [0.5, 0.6) is 0 Å². The minimum atomic E-state index is -1.13. The summed E-state index contributed by atoms with van der Waals surface area (Å²) in [4.78, 5) is 23.5. The second kappa shape index (κ2) is 4.61. The predicted octanol–water partition coefficient (Wildman–Crippen LogP) is -0.0518. The summed E-state index contributed by atoms with van der Waals surface area (Å²) in [5, 5.41) is 3.13. The summed E-state index contributed by atoms with van der Waals surface area (Å²) in [5.74, 6) is -1.11. The van der Waals surface area contributed by atoms with Crippen molar-refractivity contribution in [3.63, 3.8) is 0 Å². The molecule has 0 aromatic heterocycles. The van der Waals surface area contributed by atoms with E-state index in [0.717, 1.165) is 0 Å². The van der Waals surface area contributed by atoms with Gasteiger partial charge in [0.05, 0.1) is 14.2 Å². The summed E-state index contributed by atoms with van der Waals surface area (Å²) in [6.07, 6.45) is 0.424. The highest BCUT2D eigenvalue weighted by molar-refractivity contribution is 6.00. The van der Waals surface area contributed by atoms with E-state index in [0.29, 0.717) is 19.5 Å². The summed E-state index contributed by atoms with van der Waals surface area (Å²) < 4.78 is 9.44. The van der Waals surface area contributed by atoms with E-state index in [1.54, 1.807) is 0 Å². The van der Waals surface area contributed by atoms with Gasteiger partial charge in [-0.1, -0.05) is 6.92 Å². The number of methoxy groups -OCH3 is 2. The fourth-order valence-electron chi connectivity index (χ4n) is 2.08. The van der Waals surface area contributed by atoms with Crippen LogP contribution >= 0.6 is 0 Å². The van der Waals surface area contributed by atoms with E-state index in [1.807, 2.05) is 6.92 Å². The van der Waals surface area contributed by atoms with Gasteiger partial charge in [0.25, 0.3) is 0 Å². The molecule has 0 amide bonds. The third-order valence-corrected chi connectivity index (χ3v) is 3.09. The third kappa shape index (κ3) is 1.84. The molecular weight excluding hydrogens is 198 g/mol. The first kappa shape index (κ1) is 12.0. The Balaban J connectivity index is 3.03. The van der Waals surface area contributed by atoms with Gasteiger partial charge in [0.15, 0.2) is 5.41 Å². The molecule has 0 radical (unpaired) electrons. The first-order chi connectivity index (χ1) is 7.09. The monoisotopic (exact) mass is 215 g/mol. The number of ether oxygens (including phenoxy) is 2. The van der Waals surface area contributed by atoms with Gasteiger partial charge in [-0.05, 0) is 25.4 Å². The normalized spacial score (nSPS) is 24.3. The van der Waals surface area contributed by atoms with Crippen LogP contribution in [0.2, 0.25) is 0 Å². The number of carbonyl (C=O) groups excluding carboxylic acids is 2. The lowest BCUT2D eigenvalue weighted by molar-refractivity contribution is -0.175. The molecule has 1 aliphatic rings. The number of nitrogens with one attached hydrogen (secondary N) is 1. The Morgan fingerprint density at radius 2 is 1.80 bits per heavy atom. The molecule has 0 aromatic carbocycles. The number of rotatable bonds is 2. The lowest BCUT2D eigenvalue weighted by Gasteiger charge is -2.37. The summed E-state index contributed by atoms with van der Waals surface area (Å²) in [6.45, 7) is 3.08. The zero-order valence-electron chi connectivity index (χ0n) is 9.33. The molecule has 0 spiro atoms. The molecule has 0 saturated carbocycles. The van der Waals surface area contributed by atoms with Gasteiger partial charge in [0.1, 0.15) is 0 Å². The van der Waals surface area contributed by atoms with Crippen molar-refractivity contribution in [2.24, 2.45) is 11.3 Å². The van der Waals surface area contributed by atoms with Crippen molar-refractivity contribution in [2.45, 2.75) is 13.3 Å². The van der Waals surface area contributed by atoms with Gasteiger partial charge in [-0.3, -0.25) is 9.59 Å². The molecule has 1 atom stereocenters. The van der Waals surface area contributed by atoms with E-state index < -0.39 is 17.4 Å². The van der Waals surface area contributed by atoms with Crippen molar-refractivity contribution in [1.29, 1.82) is 0 Å². The molecule has 0 aliphatic carbocycles. The van der Waals surface area contributed by atoms with Crippen molar-refractivity contribution in [3.8, 4) is 0 Å². The first-order valence-electron chi connectivity index (χ1n) is 4.97. The number of carbonyl (C=O) groups is 2. The van der Waals surface area contributed by atoms with E-state index in [4.69, 9.17) is 9.47 Å². The Hall–Kier alpha value is -1.10. The molecule has 5 nitrogen and oxygen atoms in total. The van der Waals surface area contributed by atoms with Gasteiger partial charge >= 0.3 is 11.9 Å². The zero-order chi connectivity index (χ0) is 11.5. The van der Waals surface area contributed by atoms with E-state index >= 15 is 0 Å². The summed E-state index contributed by atoms with van der Waals surface area (Å²) in [5.41, 5.74) is -1.13. The lowest BCUT2D eigenvalue weighted by Crippen LogP contribution is -2.54. The second-order valence-corrected chi connectivity index (χ2v) is 3.81. The van der Waals surface area contributed by atoms with Crippen molar-refractivity contribution < 1.29 is 19.1 Å². The zero-order valence-corrected chi connectivity index (χ0v) is 9.33. The molecule has 5 heteroatoms. The predicted molar refractivity (Wildman–Crippen MR) is 53.1 cm³/mol. The van der Waals surface area contributed by atoms with Crippen LogP contribution in [0.4, 0.5) is 0 Å². The molecule has 15 heavy (non-hydrogen) atoms. The molecule has 1 heterocycles. The summed E-state index contributed by atoms with van der Waals surface area (Å²) in [6, 6.07) is 0. The van der Waals surface area contributed by atoms with Crippen LogP contribution in [0.25, 0.3) is 0 Å². The van der Waals surface area contributed by atoms with E-state index in [-0.39, 0.29) is 5.92 Å². The van der Waals surface area contributed by atoms with Gasteiger partial charge in [-0.2, -0.15) is 0 Å². The number of piperidine rings is 1. The molecule has 86 valence electrons. The molecule has 1 unspecified atom stereocenters. The highest BCUT2D eigenvalue weighted by atomic mass is 16.5. The fourth-order valence-corrected chi connectivity index (χ4v) is 2.08. The van der Waals surface area contributed by atoms with Crippen molar-refractivity contribution in [3.05, 3.63) is 0 Å². The van der Waals surface area contributed by atoms with Crippen molar-refractivity contribution in [2.75, 3.05) is 27.3 Å². The largest absolute Gasteiger partial charge is 0.468 e. The molecule has 1 saturated heterocycles. The quantitative estimate of drug-likeness (QED) is 0.516. The molecule has 0 bridgehead atoms. The Labute approximate surface area is 89.1 Å². The van der Waals surface area contributed by atoms with Crippen molar-refractivity contribution in [1.82, 2.24) is 5.32 Å². The lowest BCUT2D eigenvalue weighted by atomic mass is 9.71. The third-order valence-electron chi connectivity index (χ3n) is 3.09. The Kier molecular flexibility index (Phi) is 3.68. The standard InChI is InChI=1S/C10H17NO4/c1-7-6-11-5-4-10(7,8(12)14-2)9(13)15-3/h7,11H,4-6H2,1-3H3. The van der Waals surface area contributed by atoms with Crippen molar-refractivity contribution >= 4 is 11.9 Å². The minimum Gasteiger partial charge on any atom is -0.468 e. The van der Waals surface area contributed by atoms with E-state index in [1.165, 1.54) is 14.2 Å². The molecule has 1 aliphatic heterocycles. The number of hydrogen-bond donors (Lipinski definition) is 1. The van der Waals surface area contributed by atoms with E-state index in [2.05, 4.69) is 5.32 Å². The molecular formula is C10H17NO4. The second-order valence-electron chi connectivity index (χ2n) is 3.81. The van der Waals surface area contributed by atoms with Crippen LogP contribution in [-0.2, 0) is 19.1 Å². The highest BCUT2D eigenvalue weighted by Gasteiger charge is 2.53. The Bertz CT molecular complexity index is 248. The number of hydrogen-bond acceptors (Lipinski definition) is 5. The van der Waals surface area contributed by atoms with Gasteiger partial charge in [0, 0.05) is 0 Å². The number of esters is 2. The highest BCUT2D eigenvalue weighted by Crippen LogP contribution is 2.36. The molecule has 1 rings (SSSR count). The maximum absolute atomic E-state index is 11.7. The molecule has 1 N–H and O–H groups in total. The van der Waals surface area contributed by atoms with Crippen LogP contribution in [0.1, 0.15) is 13.3 Å². The van der Waals surface area contributed by atoms with Gasteiger partial charge in [0.2, 0.25) is 0 Å². The smallest absolute Gasteiger partial charge is 0.323 e. The van der Waals surface area contributed by atoms with Gasteiger partial charge in [-0.25, -0.2) is 0 Å². The SMILES string of the molecule is COC(=O)C1(C(=O)OC)CCNCC1C. The van der Waals surface area contributed by atoms with Gasteiger partial charge in [-0.15, -0.1) is 0 Å². The minimum absolute atomic E-state index is 0.119. The Morgan fingerprint density at radius 1 is 1.27 bits per heavy atom. The average Bonchev–Trinajstić information content (AvgIpc) is 2.28.